The van der Waals surface area contributed by atoms with E-state index in [2.05, 4.69) is 19.6 Å². The molecule has 14 heteroatoms. The monoisotopic (exact) mass is 682 g/mol. The Labute approximate surface area is 267 Å². The van der Waals surface area contributed by atoms with Crippen LogP contribution in [0.3, 0.4) is 0 Å². The van der Waals surface area contributed by atoms with Gasteiger partial charge in [-0.25, -0.2) is 9.36 Å². The predicted molar refractivity (Wildman–Crippen MR) is 178 cm³/mol. The number of unbranched alkanes of at least 4 members (excludes halogenated alkanes) is 13. The van der Waals surface area contributed by atoms with E-state index in [4.69, 9.17) is 13.8 Å². The second-order valence-electron chi connectivity index (χ2n) is 13.0. The zero-order valence-corrected chi connectivity index (χ0v) is 29.7. The number of thioether (sulfide) groups is 1. The van der Waals surface area contributed by atoms with Crippen LogP contribution in [-0.2, 0) is 18.3 Å². The Bertz CT molecular complexity index is 1100. The van der Waals surface area contributed by atoms with Gasteiger partial charge in [-0.2, -0.15) is 16.2 Å². The van der Waals surface area contributed by atoms with Crippen LogP contribution in [0.15, 0.2) is 15.8 Å². The molecule has 1 aromatic rings. The number of ether oxygens (including phenoxy) is 1. The summed E-state index contributed by atoms with van der Waals surface area (Å²) in [7, 11) is -5.21. The van der Waals surface area contributed by atoms with Gasteiger partial charge in [0.15, 0.2) is 0 Å². The molecular weight excluding hydrogens is 626 g/mol. The minimum absolute atomic E-state index is 0.0415. The predicted octanol–water partition coefficient (Wildman–Crippen LogP) is 6.99. The lowest BCUT2D eigenvalue weighted by atomic mass is 10.0. The quantitative estimate of drug-likeness (QED) is 0.0566. The number of phosphoric acid groups is 1. The van der Waals surface area contributed by atoms with E-state index in [0.29, 0.717) is 11.9 Å². The van der Waals surface area contributed by atoms with Crippen molar-refractivity contribution in [2.75, 3.05) is 24.7 Å². The number of nitrogens with zero attached hydrogens (tertiary/aromatic N) is 1. The van der Waals surface area contributed by atoms with Gasteiger partial charge in [0, 0.05) is 20.2 Å². The van der Waals surface area contributed by atoms with Crippen molar-refractivity contribution in [1.29, 1.82) is 0 Å². The summed E-state index contributed by atoms with van der Waals surface area (Å²) in [6.07, 6.45) is 16.0. The smallest absolute Gasteiger partial charge is 0.390 e. The molecule has 0 amide bonds. The maximum Gasteiger partial charge on any atom is 0.472 e. The van der Waals surface area contributed by atoms with Crippen LogP contribution in [0.4, 0.5) is 4.39 Å². The molecule has 44 heavy (non-hydrogen) atoms. The molecule has 10 nitrogen and oxygen atoms in total. The summed E-state index contributed by atoms with van der Waals surface area (Å²) >= 11 is 1.66. The number of nitrogens with one attached hydrogen (secondary N) is 1. The molecule has 1 aliphatic rings. The van der Waals surface area contributed by atoms with E-state index in [1.54, 1.807) is 11.8 Å². The van der Waals surface area contributed by atoms with Crippen molar-refractivity contribution in [3.05, 3.63) is 32.9 Å². The van der Waals surface area contributed by atoms with Crippen molar-refractivity contribution in [2.24, 2.45) is 0 Å². The number of phosphoric ester groups is 1. The maximum atomic E-state index is 13.6. The van der Waals surface area contributed by atoms with Crippen LogP contribution in [0.2, 0.25) is 25.7 Å². The van der Waals surface area contributed by atoms with E-state index in [1.165, 1.54) is 89.5 Å². The molecule has 0 saturated carbocycles. The number of halogens is 1. The van der Waals surface area contributed by atoms with Crippen LogP contribution < -0.4 is 11.2 Å². The van der Waals surface area contributed by atoms with Gasteiger partial charge in [0.2, 0.25) is 5.82 Å². The number of H-pyrrole nitrogens is 1. The van der Waals surface area contributed by atoms with Gasteiger partial charge in [-0.15, -0.1) is 0 Å². The molecule has 2 heterocycles. The van der Waals surface area contributed by atoms with Crippen molar-refractivity contribution in [3.8, 4) is 0 Å². The number of aromatic nitrogens is 2. The first kappa shape index (κ1) is 39.4. The number of hydrogen-bond donors (Lipinski definition) is 3. The van der Waals surface area contributed by atoms with Crippen molar-refractivity contribution in [2.45, 2.75) is 140 Å². The van der Waals surface area contributed by atoms with Crippen LogP contribution in [-0.4, -0.2) is 64.6 Å². The second kappa shape index (κ2) is 21.2. The summed E-state index contributed by atoms with van der Waals surface area (Å²) in [5, 5.41) is 10.2. The summed E-state index contributed by atoms with van der Waals surface area (Å²) in [4.78, 5) is 34.9. The van der Waals surface area contributed by atoms with Crippen molar-refractivity contribution < 1.29 is 32.7 Å². The van der Waals surface area contributed by atoms with Crippen LogP contribution in [0.1, 0.15) is 103 Å². The van der Waals surface area contributed by atoms with Gasteiger partial charge in [0.25, 0.3) is 5.56 Å². The summed E-state index contributed by atoms with van der Waals surface area (Å²) in [5.74, 6) is 0.345. The Hall–Kier alpha value is -0.793. The molecule has 0 radical (unpaired) electrons. The third-order valence-electron chi connectivity index (χ3n) is 7.79. The average molecular weight is 683 g/mol. The summed E-state index contributed by atoms with van der Waals surface area (Å²) in [6.45, 7) is 6.97. The number of rotatable bonds is 25. The first-order valence-corrected chi connectivity index (χ1v) is 22.8. The highest BCUT2D eigenvalue weighted by Crippen LogP contribution is 2.44. The van der Waals surface area contributed by atoms with Gasteiger partial charge in [-0.3, -0.25) is 23.4 Å². The minimum Gasteiger partial charge on any atom is -0.390 e. The summed E-state index contributed by atoms with van der Waals surface area (Å²) in [6, 6.07) is 1.47. The molecule has 4 atom stereocenters. The first-order valence-electron chi connectivity index (χ1n) is 16.4. The van der Waals surface area contributed by atoms with E-state index in [9.17, 15) is 28.5 Å². The Morgan fingerprint density at radius 2 is 1.50 bits per heavy atom. The van der Waals surface area contributed by atoms with Gasteiger partial charge in [-0.1, -0.05) is 109 Å². The molecule has 1 aliphatic heterocycles. The van der Waals surface area contributed by atoms with Crippen LogP contribution >= 0.6 is 19.6 Å². The lowest BCUT2D eigenvalue weighted by Gasteiger charge is -2.18. The molecule has 1 unspecified atom stereocenters. The van der Waals surface area contributed by atoms with E-state index in [-0.39, 0.29) is 13.0 Å². The molecule has 1 saturated heterocycles. The zero-order chi connectivity index (χ0) is 32.4. The van der Waals surface area contributed by atoms with Crippen molar-refractivity contribution in [1.82, 2.24) is 9.55 Å². The molecule has 0 aliphatic carbocycles. The van der Waals surface area contributed by atoms with Crippen molar-refractivity contribution in [3.63, 3.8) is 0 Å². The fraction of sp³-hybridized carbons (Fsp3) is 0.867. The molecule has 3 N–H and O–H groups in total. The van der Waals surface area contributed by atoms with Gasteiger partial charge in [0.05, 0.1) is 25.5 Å². The van der Waals surface area contributed by atoms with E-state index in [1.807, 2.05) is 4.98 Å². The first-order chi connectivity index (χ1) is 20.9. The number of hydrogen-bond acceptors (Lipinski definition) is 8. The second-order valence-corrected chi connectivity index (χ2v) is 21.3. The van der Waals surface area contributed by atoms with E-state index < -0.39 is 58.0 Å². The third-order valence-corrected chi connectivity index (χ3v) is 11.7. The summed E-state index contributed by atoms with van der Waals surface area (Å²) in [5.41, 5.74) is -2.05. The molecule has 2 rings (SSSR count). The molecule has 0 spiro atoms. The number of aromatic amines is 1. The highest BCUT2D eigenvalue weighted by Gasteiger charge is 2.37. The van der Waals surface area contributed by atoms with Crippen LogP contribution in [0.5, 0.6) is 0 Å². The fourth-order valence-corrected chi connectivity index (χ4v) is 8.19. The normalized spacial score (nSPS) is 20.3. The Kier molecular flexibility index (Phi) is 18.9. The number of aliphatic hydroxyl groups excluding tert-OH is 1. The van der Waals surface area contributed by atoms with Gasteiger partial charge in [-0.05, 0) is 12.2 Å². The molecule has 0 aromatic carbocycles. The van der Waals surface area contributed by atoms with Gasteiger partial charge < -0.3 is 14.7 Å². The zero-order valence-electron chi connectivity index (χ0n) is 27.0. The molecule has 0 bridgehead atoms. The van der Waals surface area contributed by atoms with E-state index in [0.717, 1.165) is 16.7 Å². The van der Waals surface area contributed by atoms with Crippen molar-refractivity contribution >= 4 is 27.7 Å². The Balaban J connectivity index is 1.39. The standard InChI is InChI=1S/C30H56FN2O8PSSi/c1-44(2,3)21-17-15-13-11-9-7-5-4-6-8-10-12-14-16-19-43-20-18-39-42(37,38)40-24-27-26(34)22-28(41-27)33-23-25(31)29(35)32-30(33)36/h23,26-28,34H,4-22,24H2,1-3H3,(H,37,38)(H,32,35,36)/t26-,27+,28+/m0/s1. The molecule has 1 fully saturated rings. The summed E-state index contributed by atoms with van der Waals surface area (Å²) < 4.78 is 42.0. The highest BCUT2D eigenvalue weighted by atomic mass is 32.2. The largest absolute Gasteiger partial charge is 0.472 e. The maximum absolute atomic E-state index is 13.6. The third kappa shape index (κ3) is 17.2. The Morgan fingerprint density at radius 1 is 0.955 bits per heavy atom. The molecule has 1 aromatic heterocycles. The van der Waals surface area contributed by atoms with Gasteiger partial charge in [0.1, 0.15) is 12.3 Å². The lowest BCUT2D eigenvalue weighted by molar-refractivity contribution is -0.0465. The lowest BCUT2D eigenvalue weighted by Crippen LogP contribution is -2.34. The minimum atomic E-state index is -4.36. The number of aliphatic hydroxyl groups is 1. The fourth-order valence-electron chi connectivity index (χ4n) is 5.21. The highest BCUT2D eigenvalue weighted by molar-refractivity contribution is 7.99. The average Bonchev–Trinajstić information content (AvgIpc) is 3.32. The van der Waals surface area contributed by atoms with Crippen LogP contribution in [0, 0.1) is 5.82 Å². The topological polar surface area (TPSA) is 140 Å². The van der Waals surface area contributed by atoms with E-state index >= 15 is 0 Å². The van der Waals surface area contributed by atoms with Gasteiger partial charge >= 0.3 is 13.5 Å². The Morgan fingerprint density at radius 3 is 2.07 bits per heavy atom. The molecular formula is C30H56FN2O8PSSi. The molecule has 256 valence electrons. The van der Waals surface area contributed by atoms with Crippen LogP contribution in [0.25, 0.3) is 0 Å². The SMILES string of the molecule is C[Si](C)(C)CCCCCCCCCCCCCCCCSCCOP(=O)(O)OC[C@H]1O[C@@H](n2cc(F)c(=O)[nH]c2=O)C[C@@H]1O.